The van der Waals surface area contributed by atoms with Crippen LogP contribution in [0.3, 0.4) is 0 Å². The van der Waals surface area contributed by atoms with Crippen LogP contribution in [0.15, 0.2) is 85.2 Å². The molecule has 2 fully saturated rings. The number of aromatic nitrogens is 8. The molecule has 0 aliphatic carbocycles. The second-order valence-electron chi connectivity index (χ2n) is 15.8. The van der Waals surface area contributed by atoms with E-state index in [4.69, 9.17) is 42.1 Å². The summed E-state index contributed by atoms with van der Waals surface area (Å²) in [6.45, 7) is 4.22. The number of fused-ring (bicyclic) bond motifs is 2. The second kappa shape index (κ2) is 21.0. The lowest BCUT2D eigenvalue weighted by Crippen LogP contribution is -2.36. The van der Waals surface area contributed by atoms with Crippen LogP contribution in [-0.2, 0) is 9.47 Å². The molecule has 0 bridgehead atoms. The van der Waals surface area contributed by atoms with E-state index in [1.54, 1.807) is 36.4 Å². The first-order valence-electron chi connectivity index (χ1n) is 21.6. The van der Waals surface area contributed by atoms with Gasteiger partial charge < -0.3 is 39.0 Å². The van der Waals surface area contributed by atoms with Crippen molar-refractivity contribution in [3.05, 3.63) is 141 Å². The van der Waals surface area contributed by atoms with Crippen LogP contribution in [0.1, 0.15) is 34.7 Å². The summed E-state index contributed by atoms with van der Waals surface area (Å²) in [4.78, 5) is 3.75. The number of rotatable bonds is 10. The van der Waals surface area contributed by atoms with Crippen molar-refractivity contribution in [2.45, 2.75) is 12.2 Å². The maximum atomic E-state index is 15.4. The lowest BCUT2D eigenvalue weighted by atomic mass is 9.97. The van der Waals surface area contributed by atoms with E-state index in [9.17, 15) is 10.2 Å². The minimum absolute atomic E-state index is 0.00322. The van der Waals surface area contributed by atoms with Crippen LogP contribution in [0, 0.1) is 23.3 Å². The Labute approximate surface area is 406 Å². The molecule has 4 aromatic carbocycles. The zero-order valence-corrected chi connectivity index (χ0v) is 38.7. The average Bonchev–Trinajstić information content (AvgIpc) is 3.39. The standard InChI is InChI=1S/2C24H20ClF2N5O3/c2*1-34-21-5-3-19(29-30-21)24(33)15-10-14(18(26)11-17(15)25)16-12-28-31-23-13(16)2-4-20(22(23)27)32-6-8-35-9-7-32/h2*2-5,10-12,24,33H,6-9H2,1H3/t2*24-/m10/s1. The molecular formula is C48H40Cl2F4N10O6. The number of ether oxygens (including phenoxy) is 4. The van der Waals surface area contributed by atoms with Crippen molar-refractivity contribution in [1.29, 1.82) is 0 Å². The van der Waals surface area contributed by atoms with Gasteiger partial charge >= 0.3 is 0 Å². The van der Waals surface area contributed by atoms with Gasteiger partial charge in [-0.25, -0.2) is 17.6 Å². The SMILES string of the molecule is COc1ccc([C@@H](O)c2cc(-c3cnnc4c(F)c(N5CCOCC5)ccc34)c(F)cc2Cl)nn1.COc1ccc([C@H](O)c2cc(-c3cnnc4c(F)c(N5CCOCC5)ccc34)c(F)cc2Cl)nn1. The summed E-state index contributed by atoms with van der Waals surface area (Å²) < 4.78 is 81.7. The number of morpholine rings is 2. The fourth-order valence-electron chi connectivity index (χ4n) is 8.14. The molecule has 0 amide bonds. The van der Waals surface area contributed by atoms with Crippen LogP contribution in [0.2, 0.25) is 10.0 Å². The molecule has 10 rings (SSSR count). The Morgan fingerprint density at radius 3 is 1.29 bits per heavy atom. The van der Waals surface area contributed by atoms with Gasteiger partial charge in [0.25, 0.3) is 0 Å². The van der Waals surface area contributed by atoms with E-state index in [-0.39, 0.29) is 66.5 Å². The first kappa shape index (κ1) is 48.1. The number of benzene rings is 4. The summed E-state index contributed by atoms with van der Waals surface area (Å²) >= 11 is 12.5. The third kappa shape index (κ3) is 9.65. The van der Waals surface area contributed by atoms with E-state index in [0.717, 1.165) is 12.1 Å². The number of hydrogen-bond donors (Lipinski definition) is 2. The number of nitrogens with zero attached hydrogens (tertiary/aromatic N) is 10. The van der Waals surface area contributed by atoms with Gasteiger partial charge in [-0.3, -0.25) is 0 Å². The number of halogens is 6. The van der Waals surface area contributed by atoms with Crippen LogP contribution in [0.25, 0.3) is 44.1 Å². The molecule has 0 unspecified atom stereocenters. The largest absolute Gasteiger partial charge is 0.480 e. The van der Waals surface area contributed by atoms with Gasteiger partial charge in [0, 0.05) is 92.5 Å². The number of methoxy groups -OCH3 is 2. The molecule has 16 nitrogen and oxygen atoms in total. The molecule has 0 saturated carbocycles. The fourth-order valence-corrected chi connectivity index (χ4v) is 8.65. The molecule has 8 aromatic rings. The van der Waals surface area contributed by atoms with Gasteiger partial charge in [0.05, 0.1) is 75.8 Å². The van der Waals surface area contributed by atoms with Crippen LogP contribution in [0.4, 0.5) is 28.9 Å². The molecule has 2 saturated heterocycles. The van der Waals surface area contributed by atoms with E-state index >= 15 is 17.6 Å². The van der Waals surface area contributed by atoms with Crippen molar-refractivity contribution >= 4 is 56.4 Å². The molecular weight excluding hydrogens is 959 g/mol. The smallest absolute Gasteiger partial charge is 0.233 e. The van der Waals surface area contributed by atoms with Gasteiger partial charge in [-0.05, 0) is 60.7 Å². The summed E-state index contributed by atoms with van der Waals surface area (Å²) in [7, 11) is 2.89. The Morgan fingerprint density at radius 2 is 0.929 bits per heavy atom. The predicted octanol–water partition coefficient (Wildman–Crippen LogP) is 7.89. The van der Waals surface area contributed by atoms with Crippen molar-refractivity contribution in [3.8, 4) is 34.0 Å². The highest BCUT2D eigenvalue weighted by molar-refractivity contribution is 6.32. The van der Waals surface area contributed by atoms with Gasteiger partial charge in [0.2, 0.25) is 11.8 Å². The van der Waals surface area contributed by atoms with E-state index in [1.807, 2.05) is 9.80 Å². The summed E-state index contributed by atoms with van der Waals surface area (Å²) in [6.07, 6.45) is 0.134. The number of aliphatic hydroxyl groups is 2. The van der Waals surface area contributed by atoms with E-state index in [2.05, 4.69) is 40.8 Å². The van der Waals surface area contributed by atoms with Crippen molar-refractivity contribution in [2.75, 3.05) is 76.6 Å². The molecule has 4 aromatic heterocycles. The molecule has 360 valence electrons. The van der Waals surface area contributed by atoms with Gasteiger partial charge in [0.1, 0.15) is 34.9 Å². The Hall–Kier alpha value is -6.94. The lowest BCUT2D eigenvalue weighted by Gasteiger charge is -2.29. The highest BCUT2D eigenvalue weighted by Crippen LogP contribution is 2.40. The topological polar surface area (TPSA) is 187 Å². The van der Waals surface area contributed by atoms with Crippen LogP contribution in [-0.4, -0.2) is 118 Å². The minimum atomic E-state index is -1.29. The molecule has 0 radical (unpaired) electrons. The van der Waals surface area contributed by atoms with Gasteiger partial charge in [0.15, 0.2) is 11.6 Å². The zero-order chi connectivity index (χ0) is 49.1. The van der Waals surface area contributed by atoms with Gasteiger partial charge in [-0.15, -0.1) is 30.6 Å². The number of hydrogen-bond acceptors (Lipinski definition) is 16. The Kier molecular flexibility index (Phi) is 14.4. The maximum absolute atomic E-state index is 15.4. The molecule has 6 heterocycles. The highest BCUT2D eigenvalue weighted by atomic mass is 35.5. The molecule has 2 aliphatic rings. The van der Waals surface area contributed by atoms with Gasteiger partial charge in [-0.2, -0.15) is 10.2 Å². The Morgan fingerprint density at radius 1 is 0.529 bits per heavy atom. The molecule has 2 atom stereocenters. The fraction of sp³-hybridized carbons (Fsp3) is 0.250. The summed E-state index contributed by atoms with van der Waals surface area (Å²) in [6, 6.07) is 17.8. The number of aliphatic hydroxyl groups excluding tert-OH is 2. The normalized spacial score (nSPS) is 14.8. The average molecular weight is 1000 g/mol. The quantitative estimate of drug-likeness (QED) is 0.126. The Bertz CT molecular complexity index is 2980. The van der Waals surface area contributed by atoms with Crippen LogP contribution in [0.5, 0.6) is 11.8 Å². The molecule has 22 heteroatoms. The van der Waals surface area contributed by atoms with E-state index in [1.165, 1.54) is 50.9 Å². The van der Waals surface area contributed by atoms with Crippen LogP contribution >= 0.6 is 23.2 Å². The summed E-state index contributed by atoms with van der Waals surface area (Å²) in [5, 5.41) is 53.9. The third-order valence-corrected chi connectivity index (χ3v) is 12.5. The Balaban J connectivity index is 0.000000174. The summed E-state index contributed by atoms with van der Waals surface area (Å²) in [5.41, 5.74) is 2.41. The highest BCUT2D eigenvalue weighted by Gasteiger charge is 2.26. The van der Waals surface area contributed by atoms with E-state index in [0.29, 0.717) is 85.9 Å². The molecule has 70 heavy (non-hydrogen) atoms. The minimum Gasteiger partial charge on any atom is -0.480 e. The monoisotopic (exact) mass is 998 g/mol. The second-order valence-corrected chi connectivity index (χ2v) is 16.6. The van der Waals surface area contributed by atoms with Crippen molar-refractivity contribution in [3.63, 3.8) is 0 Å². The predicted molar refractivity (Wildman–Crippen MR) is 251 cm³/mol. The first-order chi connectivity index (χ1) is 33.9. The van der Waals surface area contributed by atoms with Crippen molar-refractivity contribution in [1.82, 2.24) is 40.8 Å². The van der Waals surface area contributed by atoms with Crippen molar-refractivity contribution in [2.24, 2.45) is 0 Å². The van der Waals surface area contributed by atoms with E-state index < -0.39 is 35.5 Å². The summed E-state index contributed by atoms with van der Waals surface area (Å²) in [5.74, 6) is -1.83. The van der Waals surface area contributed by atoms with Crippen molar-refractivity contribution < 1.29 is 46.7 Å². The van der Waals surface area contributed by atoms with Gasteiger partial charge in [-0.1, -0.05) is 23.2 Å². The number of anilines is 2. The molecule has 2 aliphatic heterocycles. The lowest BCUT2D eigenvalue weighted by molar-refractivity contribution is 0.122. The molecule has 0 spiro atoms. The first-order valence-corrected chi connectivity index (χ1v) is 22.3. The third-order valence-electron chi connectivity index (χ3n) is 11.8. The van der Waals surface area contributed by atoms with Crippen LogP contribution < -0.4 is 19.3 Å². The molecule has 2 N–H and O–H groups in total. The maximum Gasteiger partial charge on any atom is 0.233 e. The zero-order valence-electron chi connectivity index (χ0n) is 37.2.